The average Bonchev–Trinajstić information content (AvgIpc) is 3.03. The summed E-state index contributed by atoms with van der Waals surface area (Å²) < 4.78 is 1.91. The van der Waals surface area contributed by atoms with Crippen LogP contribution in [0.1, 0.15) is 32.4 Å². The molecule has 0 aliphatic heterocycles. The van der Waals surface area contributed by atoms with Crippen molar-refractivity contribution in [3.63, 3.8) is 0 Å². The van der Waals surface area contributed by atoms with E-state index in [1.54, 1.807) is 0 Å². The van der Waals surface area contributed by atoms with Crippen LogP contribution in [-0.2, 0) is 13.5 Å². The van der Waals surface area contributed by atoms with Crippen molar-refractivity contribution in [1.29, 1.82) is 0 Å². The number of allylic oxidation sites excluding steroid dienone is 2. The third-order valence-electron chi connectivity index (χ3n) is 4.60. The van der Waals surface area contributed by atoms with E-state index in [-0.39, 0.29) is 0 Å². The highest BCUT2D eigenvalue weighted by molar-refractivity contribution is 5.47. The highest BCUT2D eigenvalue weighted by atomic mass is 15.3. The van der Waals surface area contributed by atoms with Gasteiger partial charge < -0.3 is 5.32 Å². The van der Waals surface area contributed by atoms with Crippen LogP contribution in [0.15, 0.2) is 18.3 Å². The molecule has 1 N–H and O–H groups in total. The number of nitrogens with zero attached hydrogens (tertiary/aromatic N) is 2. The molecular weight excluding hydrogens is 222 g/mol. The smallest absolute Gasteiger partial charge is 0.0853 e. The first-order valence-electron chi connectivity index (χ1n) is 7.14. The quantitative estimate of drug-likeness (QED) is 0.826. The topological polar surface area (TPSA) is 29.9 Å². The van der Waals surface area contributed by atoms with E-state index >= 15 is 0 Å². The summed E-state index contributed by atoms with van der Waals surface area (Å²) in [7, 11) is 2.00. The van der Waals surface area contributed by atoms with Crippen molar-refractivity contribution in [3.05, 3.63) is 24.0 Å². The van der Waals surface area contributed by atoms with Crippen molar-refractivity contribution in [1.82, 2.24) is 9.78 Å². The number of nitrogens with one attached hydrogen (secondary N) is 1. The van der Waals surface area contributed by atoms with Gasteiger partial charge in [0.15, 0.2) is 0 Å². The van der Waals surface area contributed by atoms with E-state index in [1.165, 1.54) is 24.2 Å². The van der Waals surface area contributed by atoms with Crippen LogP contribution in [0.3, 0.4) is 0 Å². The molecule has 2 aliphatic rings. The van der Waals surface area contributed by atoms with Gasteiger partial charge in [-0.25, -0.2) is 0 Å². The summed E-state index contributed by atoms with van der Waals surface area (Å²) in [6.45, 7) is 4.49. The maximum absolute atomic E-state index is 4.50. The Morgan fingerprint density at radius 3 is 2.89 bits per heavy atom. The fourth-order valence-electron chi connectivity index (χ4n) is 3.67. The van der Waals surface area contributed by atoms with Crippen molar-refractivity contribution in [3.8, 4) is 0 Å². The van der Waals surface area contributed by atoms with E-state index in [4.69, 9.17) is 0 Å². The fraction of sp³-hybridized carbons (Fsp3) is 0.667. The van der Waals surface area contributed by atoms with Crippen LogP contribution in [0, 0.1) is 17.8 Å². The number of fused-ring (bicyclic) bond motifs is 2. The molecule has 18 heavy (non-hydrogen) atoms. The number of hydrogen-bond acceptors (Lipinski definition) is 2. The summed E-state index contributed by atoms with van der Waals surface area (Å²) in [6, 6.07) is 0.541. The van der Waals surface area contributed by atoms with Crippen LogP contribution in [0.25, 0.3) is 0 Å². The van der Waals surface area contributed by atoms with Gasteiger partial charge in [0.1, 0.15) is 0 Å². The highest BCUT2D eigenvalue weighted by Crippen LogP contribution is 2.45. The minimum absolute atomic E-state index is 0.541. The van der Waals surface area contributed by atoms with Gasteiger partial charge in [0, 0.05) is 19.3 Å². The summed E-state index contributed by atoms with van der Waals surface area (Å²) >= 11 is 0. The van der Waals surface area contributed by atoms with Gasteiger partial charge >= 0.3 is 0 Å². The van der Waals surface area contributed by atoms with Crippen LogP contribution in [0.4, 0.5) is 5.69 Å². The van der Waals surface area contributed by atoms with Crippen LogP contribution in [0.5, 0.6) is 0 Å². The molecule has 3 heteroatoms. The van der Waals surface area contributed by atoms with E-state index in [2.05, 4.69) is 42.6 Å². The van der Waals surface area contributed by atoms with E-state index in [0.717, 1.165) is 24.2 Å². The van der Waals surface area contributed by atoms with Gasteiger partial charge in [-0.15, -0.1) is 0 Å². The molecule has 98 valence electrons. The molecule has 0 radical (unpaired) electrons. The minimum Gasteiger partial charge on any atom is -0.380 e. The Hall–Kier alpha value is -1.25. The van der Waals surface area contributed by atoms with Gasteiger partial charge in [-0.05, 0) is 43.9 Å². The van der Waals surface area contributed by atoms with Crippen molar-refractivity contribution in [2.24, 2.45) is 24.8 Å². The number of hydrogen-bond donors (Lipinski definition) is 1. The lowest BCUT2D eigenvalue weighted by atomic mass is 9.87. The van der Waals surface area contributed by atoms with Gasteiger partial charge in [0.05, 0.1) is 11.4 Å². The summed E-state index contributed by atoms with van der Waals surface area (Å²) in [5.74, 6) is 2.45. The second kappa shape index (κ2) is 4.45. The molecule has 3 rings (SSSR count). The molecule has 1 aromatic rings. The Labute approximate surface area is 109 Å². The van der Waals surface area contributed by atoms with Crippen LogP contribution < -0.4 is 5.32 Å². The molecular formula is C15H23N3. The van der Waals surface area contributed by atoms with E-state index in [1.807, 2.05) is 11.7 Å². The molecule has 1 heterocycles. The first-order valence-corrected chi connectivity index (χ1v) is 7.14. The third kappa shape index (κ3) is 1.96. The number of anilines is 1. The number of aryl methyl sites for hydroxylation is 2. The maximum Gasteiger partial charge on any atom is 0.0853 e. The van der Waals surface area contributed by atoms with Gasteiger partial charge in [-0.3, -0.25) is 4.68 Å². The van der Waals surface area contributed by atoms with Gasteiger partial charge in [0.2, 0.25) is 0 Å². The van der Waals surface area contributed by atoms with Crippen molar-refractivity contribution in [2.45, 2.75) is 39.2 Å². The lowest BCUT2D eigenvalue weighted by Gasteiger charge is -2.26. The van der Waals surface area contributed by atoms with Gasteiger partial charge in [-0.2, -0.15) is 5.10 Å². The lowest BCUT2D eigenvalue weighted by Crippen LogP contribution is -2.29. The Bertz CT molecular complexity index is 460. The monoisotopic (exact) mass is 245 g/mol. The normalized spacial score (nSPS) is 30.9. The molecule has 1 saturated carbocycles. The Kier molecular flexibility index (Phi) is 2.92. The molecule has 4 unspecified atom stereocenters. The minimum atomic E-state index is 0.541. The first-order chi connectivity index (χ1) is 8.67. The Morgan fingerprint density at radius 2 is 2.28 bits per heavy atom. The second-order valence-corrected chi connectivity index (χ2v) is 5.89. The Balaban J connectivity index is 1.70. The first kappa shape index (κ1) is 11.8. The lowest BCUT2D eigenvalue weighted by molar-refractivity contribution is 0.399. The van der Waals surface area contributed by atoms with Crippen LogP contribution in [-0.4, -0.2) is 15.8 Å². The van der Waals surface area contributed by atoms with Gasteiger partial charge in [0.25, 0.3) is 0 Å². The molecule has 0 spiro atoms. The zero-order valence-electron chi connectivity index (χ0n) is 11.6. The molecule has 4 atom stereocenters. The zero-order chi connectivity index (χ0) is 12.7. The summed E-state index contributed by atoms with van der Waals surface area (Å²) in [4.78, 5) is 0. The maximum atomic E-state index is 4.50. The molecule has 0 saturated heterocycles. The average molecular weight is 245 g/mol. The second-order valence-electron chi connectivity index (χ2n) is 5.89. The molecule has 3 nitrogen and oxygen atoms in total. The van der Waals surface area contributed by atoms with E-state index in [9.17, 15) is 0 Å². The zero-order valence-corrected chi connectivity index (χ0v) is 11.6. The van der Waals surface area contributed by atoms with Crippen LogP contribution in [0.2, 0.25) is 0 Å². The molecule has 1 fully saturated rings. The molecule has 2 aliphatic carbocycles. The van der Waals surface area contributed by atoms with Crippen LogP contribution >= 0.6 is 0 Å². The van der Waals surface area contributed by atoms with E-state index in [0.29, 0.717) is 6.04 Å². The largest absolute Gasteiger partial charge is 0.380 e. The predicted octanol–water partition coefficient (Wildman–Crippen LogP) is 3.00. The molecule has 0 aromatic carbocycles. The molecule has 1 aromatic heterocycles. The van der Waals surface area contributed by atoms with Crippen molar-refractivity contribution < 1.29 is 0 Å². The van der Waals surface area contributed by atoms with Gasteiger partial charge in [-0.1, -0.05) is 19.1 Å². The van der Waals surface area contributed by atoms with Crippen molar-refractivity contribution in [2.75, 3.05) is 5.32 Å². The van der Waals surface area contributed by atoms with Crippen molar-refractivity contribution >= 4 is 5.69 Å². The highest BCUT2D eigenvalue weighted by Gasteiger charge is 2.38. The van der Waals surface area contributed by atoms with E-state index < -0.39 is 0 Å². The fourth-order valence-corrected chi connectivity index (χ4v) is 3.67. The summed E-state index contributed by atoms with van der Waals surface area (Å²) in [5.41, 5.74) is 2.40. The number of aromatic nitrogens is 2. The molecule has 2 bridgehead atoms. The third-order valence-corrected chi connectivity index (χ3v) is 4.60. The molecule has 0 amide bonds. The number of rotatable bonds is 4. The summed E-state index contributed by atoms with van der Waals surface area (Å²) in [5, 5.41) is 8.19. The summed E-state index contributed by atoms with van der Waals surface area (Å²) in [6.07, 6.45) is 10.7. The SMILES string of the molecule is CCc1nn(C)cc1NC(C)C1CC2C=CC1C2. The standard InChI is InChI=1S/C15H23N3/c1-4-14-15(9-18(3)17-14)16-10(2)13-8-11-5-6-12(13)7-11/h5-6,9-13,16H,4,7-8H2,1-3H3. The predicted molar refractivity (Wildman–Crippen MR) is 74.5 cm³/mol. The Morgan fingerprint density at radius 1 is 1.44 bits per heavy atom.